The summed E-state index contributed by atoms with van der Waals surface area (Å²) in [6, 6.07) is 16.1. The van der Waals surface area contributed by atoms with Crippen molar-refractivity contribution >= 4 is 17.9 Å². The summed E-state index contributed by atoms with van der Waals surface area (Å²) < 4.78 is 11.1. The minimum Gasteiger partial charge on any atom is -0.491 e. The average molecular weight is 433 g/mol. The number of aryl methyl sites for hydroxylation is 3. The first-order chi connectivity index (χ1) is 15.3. The van der Waals surface area contributed by atoms with Crippen LogP contribution in [0.1, 0.15) is 39.7 Å². The number of benzene rings is 2. The molecular weight excluding hydrogens is 404 g/mol. The van der Waals surface area contributed by atoms with Crippen LogP contribution in [0.3, 0.4) is 0 Å². The molecule has 2 aromatic carbocycles. The maximum Gasteiger partial charge on any atom is 0.268 e. The Kier molecular flexibility index (Phi) is 7.49. The highest BCUT2D eigenvalue weighted by molar-refractivity contribution is 6.05. The molecule has 2 N–H and O–H groups in total. The van der Waals surface area contributed by atoms with E-state index in [2.05, 4.69) is 10.6 Å². The van der Waals surface area contributed by atoms with E-state index in [1.807, 2.05) is 58.0 Å². The molecule has 6 nitrogen and oxygen atoms in total. The van der Waals surface area contributed by atoms with Crippen LogP contribution in [0.4, 0.5) is 0 Å². The van der Waals surface area contributed by atoms with Crippen molar-refractivity contribution in [3.8, 4) is 5.75 Å². The topological polar surface area (TPSA) is 80.6 Å². The van der Waals surface area contributed by atoms with Crippen LogP contribution in [0, 0.1) is 20.8 Å². The molecule has 0 fully saturated rings. The van der Waals surface area contributed by atoms with E-state index in [1.54, 1.807) is 24.3 Å². The fraction of sp³-hybridized carbons (Fsp3) is 0.231. The predicted octanol–water partition coefficient (Wildman–Crippen LogP) is 4.56. The highest BCUT2D eigenvalue weighted by atomic mass is 16.5. The van der Waals surface area contributed by atoms with Crippen LogP contribution in [0.2, 0.25) is 0 Å². The van der Waals surface area contributed by atoms with Crippen LogP contribution in [0.25, 0.3) is 6.08 Å². The lowest BCUT2D eigenvalue weighted by molar-refractivity contribution is -0.118. The van der Waals surface area contributed by atoms with Gasteiger partial charge in [0, 0.05) is 11.6 Å². The van der Waals surface area contributed by atoms with Crippen molar-refractivity contribution in [1.82, 2.24) is 10.6 Å². The number of carbonyl (C=O) groups excluding carboxylic acids is 2. The van der Waals surface area contributed by atoms with Crippen LogP contribution in [-0.4, -0.2) is 24.5 Å². The van der Waals surface area contributed by atoms with Gasteiger partial charge in [-0.2, -0.15) is 0 Å². The zero-order valence-corrected chi connectivity index (χ0v) is 18.8. The Bertz CT molecular complexity index is 1100. The third-order valence-corrected chi connectivity index (χ3v) is 4.99. The van der Waals surface area contributed by atoms with Crippen molar-refractivity contribution in [3.63, 3.8) is 0 Å². The standard InChI is InChI=1S/C26H28N2O4/c1-17-7-10-21(11-8-17)25(29)28-24(15-22-6-5-13-31-22)26(30)27-20(4)16-32-23-12-9-18(2)19(3)14-23/h5-15,20H,16H2,1-4H3,(H,27,30)(H,28,29)/b24-15-/t20-/m1/s1. The van der Waals surface area contributed by atoms with Gasteiger partial charge in [0.2, 0.25) is 0 Å². The minimum atomic E-state index is -0.432. The zero-order valence-electron chi connectivity index (χ0n) is 18.8. The number of nitrogens with one attached hydrogen (secondary N) is 2. The molecule has 0 radical (unpaired) electrons. The molecule has 6 heteroatoms. The van der Waals surface area contributed by atoms with E-state index in [4.69, 9.17) is 9.15 Å². The van der Waals surface area contributed by atoms with Gasteiger partial charge in [0.05, 0.1) is 12.3 Å². The van der Waals surface area contributed by atoms with Gasteiger partial charge in [-0.05, 0) is 75.2 Å². The first-order valence-corrected chi connectivity index (χ1v) is 10.5. The van der Waals surface area contributed by atoms with Crippen molar-refractivity contribution in [1.29, 1.82) is 0 Å². The third kappa shape index (κ3) is 6.35. The molecule has 0 spiro atoms. The number of hydrogen-bond acceptors (Lipinski definition) is 4. The Balaban J connectivity index is 1.67. The lowest BCUT2D eigenvalue weighted by Gasteiger charge is -2.17. The zero-order chi connectivity index (χ0) is 23.1. The summed E-state index contributed by atoms with van der Waals surface area (Å²) in [5.74, 6) is 0.390. The van der Waals surface area contributed by atoms with Crippen molar-refractivity contribution in [3.05, 3.63) is 94.6 Å². The fourth-order valence-corrected chi connectivity index (χ4v) is 2.94. The van der Waals surface area contributed by atoms with Crippen LogP contribution >= 0.6 is 0 Å². The molecule has 1 heterocycles. The Labute approximate surface area is 188 Å². The lowest BCUT2D eigenvalue weighted by Crippen LogP contribution is -2.41. The second kappa shape index (κ2) is 10.5. The number of rotatable bonds is 8. The van der Waals surface area contributed by atoms with Gasteiger partial charge in [-0.1, -0.05) is 23.8 Å². The number of carbonyl (C=O) groups is 2. The lowest BCUT2D eigenvalue weighted by atomic mass is 10.1. The molecule has 3 rings (SSSR count). The molecule has 32 heavy (non-hydrogen) atoms. The average Bonchev–Trinajstić information content (AvgIpc) is 3.27. The van der Waals surface area contributed by atoms with Gasteiger partial charge in [-0.25, -0.2) is 0 Å². The van der Waals surface area contributed by atoms with Gasteiger partial charge in [-0.3, -0.25) is 9.59 Å². The number of furan rings is 1. The van der Waals surface area contributed by atoms with Crippen LogP contribution in [0.5, 0.6) is 5.75 Å². The van der Waals surface area contributed by atoms with Gasteiger partial charge in [-0.15, -0.1) is 0 Å². The minimum absolute atomic E-state index is 0.0866. The van der Waals surface area contributed by atoms with Crippen molar-refractivity contribution in [2.24, 2.45) is 0 Å². The molecule has 3 aromatic rings. The molecule has 0 aliphatic rings. The number of ether oxygens (including phenoxy) is 1. The fourth-order valence-electron chi connectivity index (χ4n) is 2.94. The van der Waals surface area contributed by atoms with Gasteiger partial charge < -0.3 is 19.8 Å². The molecule has 0 aliphatic carbocycles. The van der Waals surface area contributed by atoms with E-state index in [-0.39, 0.29) is 24.3 Å². The maximum absolute atomic E-state index is 12.9. The van der Waals surface area contributed by atoms with Crippen LogP contribution < -0.4 is 15.4 Å². The normalized spacial score (nSPS) is 12.2. The summed E-state index contributed by atoms with van der Waals surface area (Å²) >= 11 is 0. The van der Waals surface area contributed by atoms with Gasteiger partial charge >= 0.3 is 0 Å². The largest absolute Gasteiger partial charge is 0.491 e. The molecule has 2 amide bonds. The monoisotopic (exact) mass is 432 g/mol. The van der Waals surface area contributed by atoms with Crippen molar-refractivity contribution in [2.75, 3.05) is 6.61 Å². The summed E-state index contributed by atoms with van der Waals surface area (Å²) in [7, 11) is 0. The van der Waals surface area contributed by atoms with Gasteiger partial charge in [0.1, 0.15) is 23.8 Å². The van der Waals surface area contributed by atoms with E-state index < -0.39 is 5.91 Å². The quantitative estimate of drug-likeness (QED) is 0.512. The Morgan fingerprint density at radius 1 is 1.03 bits per heavy atom. The van der Waals surface area contributed by atoms with Crippen molar-refractivity contribution in [2.45, 2.75) is 33.7 Å². The first kappa shape index (κ1) is 22.9. The highest BCUT2D eigenvalue weighted by Gasteiger charge is 2.17. The summed E-state index contributed by atoms with van der Waals surface area (Å²) in [4.78, 5) is 25.6. The Hall–Kier alpha value is -3.80. The second-order valence-electron chi connectivity index (χ2n) is 7.83. The van der Waals surface area contributed by atoms with E-state index in [9.17, 15) is 9.59 Å². The Morgan fingerprint density at radius 2 is 1.78 bits per heavy atom. The van der Waals surface area contributed by atoms with Crippen LogP contribution in [0.15, 0.2) is 71.0 Å². The number of amides is 2. The molecule has 0 aliphatic heterocycles. The van der Waals surface area contributed by atoms with E-state index in [0.29, 0.717) is 11.3 Å². The summed E-state index contributed by atoms with van der Waals surface area (Å²) in [5, 5.41) is 5.56. The SMILES string of the molecule is Cc1ccc(C(=O)N/C(=C\c2ccco2)C(=O)N[C@H](C)COc2ccc(C)c(C)c2)cc1. The molecule has 166 valence electrons. The number of hydrogen-bond donors (Lipinski definition) is 2. The van der Waals surface area contributed by atoms with E-state index in [0.717, 1.165) is 16.9 Å². The van der Waals surface area contributed by atoms with Gasteiger partial charge in [0.15, 0.2) is 0 Å². The highest BCUT2D eigenvalue weighted by Crippen LogP contribution is 2.16. The smallest absolute Gasteiger partial charge is 0.268 e. The third-order valence-electron chi connectivity index (χ3n) is 4.99. The van der Waals surface area contributed by atoms with Crippen LogP contribution in [-0.2, 0) is 4.79 Å². The van der Waals surface area contributed by atoms with E-state index >= 15 is 0 Å². The molecule has 0 bridgehead atoms. The molecule has 0 saturated heterocycles. The van der Waals surface area contributed by atoms with Gasteiger partial charge in [0.25, 0.3) is 11.8 Å². The molecule has 1 aromatic heterocycles. The molecule has 0 saturated carbocycles. The summed E-state index contributed by atoms with van der Waals surface area (Å²) in [6.07, 6.45) is 3.00. The molecular formula is C26H28N2O4. The molecule has 1 atom stereocenters. The second-order valence-corrected chi connectivity index (χ2v) is 7.83. The van der Waals surface area contributed by atoms with E-state index in [1.165, 1.54) is 17.9 Å². The summed E-state index contributed by atoms with van der Waals surface area (Å²) in [5.41, 5.74) is 3.92. The molecule has 0 unspecified atom stereocenters. The predicted molar refractivity (Wildman–Crippen MR) is 124 cm³/mol. The maximum atomic E-state index is 12.9. The summed E-state index contributed by atoms with van der Waals surface area (Å²) in [6.45, 7) is 8.13. The first-order valence-electron chi connectivity index (χ1n) is 10.5. The van der Waals surface area contributed by atoms with Crippen molar-refractivity contribution < 1.29 is 18.7 Å². The Morgan fingerprint density at radius 3 is 2.44 bits per heavy atom.